The van der Waals surface area contributed by atoms with Gasteiger partial charge in [0, 0.05) is 23.1 Å². The average molecular weight is 317 g/mol. The number of pyridine rings is 1. The third kappa shape index (κ3) is 3.10. The zero-order chi connectivity index (χ0) is 14.8. The molecule has 6 nitrogen and oxygen atoms in total. The summed E-state index contributed by atoms with van der Waals surface area (Å²) in [5.41, 5.74) is 0.828. The van der Waals surface area contributed by atoms with E-state index in [1.165, 1.54) is 16.8 Å². The van der Waals surface area contributed by atoms with Crippen molar-refractivity contribution < 1.29 is 17.9 Å². The highest BCUT2D eigenvalue weighted by molar-refractivity contribution is 8.13. The van der Waals surface area contributed by atoms with Gasteiger partial charge in [-0.3, -0.25) is 9.55 Å². The molecule has 2 aromatic rings. The fourth-order valence-electron chi connectivity index (χ4n) is 1.66. The second kappa shape index (κ2) is 5.80. The lowest BCUT2D eigenvalue weighted by Gasteiger charge is -2.06. The Bertz CT molecular complexity index is 739. The summed E-state index contributed by atoms with van der Waals surface area (Å²) in [6, 6.07) is 2.90. The number of halogens is 1. The Kier molecular flexibility index (Phi) is 4.29. The van der Waals surface area contributed by atoms with E-state index >= 15 is 0 Å². The van der Waals surface area contributed by atoms with E-state index in [9.17, 15) is 13.2 Å². The molecule has 108 valence electrons. The highest BCUT2D eigenvalue weighted by Gasteiger charge is 2.16. The summed E-state index contributed by atoms with van der Waals surface area (Å²) in [5.74, 6) is 0. The van der Waals surface area contributed by atoms with Crippen LogP contribution in [-0.4, -0.2) is 30.7 Å². The van der Waals surface area contributed by atoms with Crippen molar-refractivity contribution in [2.75, 3.05) is 6.61 Å². The molecule has 8 heteroatoms. The Labute approximate surface area is 120 Å². The molecule has 0 aliphatic rings. The molecule has 0 N–H and O–H groups in total. The molecule has 0 aliphatic heterocycles. The van der Waals surface area contributed by atoms with Crippen molar-refractivity contribution in [2.24, 2.45) is 0 Å². The van der Waals surface area contributed by atoms with Crippen LogP contribution in [0.15, 0.2) is 29.4 Å². The minimum atomic E-state index is -3.89. The molecule has 0 unspecified atom stereocenters. The van der Waals surface area contributed by atoms with Crippen LogP contribution in [0.2, 0.25) is 0 Å². The monoisotopic (exact) mass is 316 g/mol. The lowest BCUT2D eigenvalue weighted by Crippen LogP contribution is -2.13. The first kappa shape index (κ1) is 14.8. The van der Waals surface area contributed by atoms with Crippen molar-refractivity contribution in [1.29, 1.82) is 0 Å². The molecule has 0 bridgehead atoms. The van der Waals surface area contributed by atoms with Gasteiger partial charge in [-0.05, 0) is 18.6 Å². The summed E-state index contributed by atoms with van der Waals surface area (Å²) in [5, 5.41) is 0. The molecule has 0 atom stereocenters. The molecule has 20 heavy (non-hydrogen) atoms. The molecule has 0 saturated heterocycles. The predicted molar refractivity (Wildman–Crippen MR) is 74.4 cm³/mol. The normalized spacial score (nSPS) is 11.7. The molecule has 0 spiro atoms. The lowest BCUT2D eigenvalue weighted by atomic mass is 10.4. The summed E-state index contributed by atoms with van der Waals surface area (Å²) in [6.07, 6.45) is 3.74. The number of nitrogens with zero attached hydrogens (tertiary/aromatic N) is 2. The van der Waals surface area contributed by atoms with Crippen LogP contribution in [0.25, 0.3) is 11.0 Å². The van der Waals surface area contributed by atoms with E-state index < -0.39 is 15.1 Å². The van der Waals surface area contributed by atoms with Crippen LogP contribution in [-0.2, 0) is 13.8 Å². The first-order chi connectivity index (χ1) is 9.43. The molecule has 2 rings (SSSR count). The average Bonchev–Trinajstić information content (AvgIpc) is 2.80. The lowest BCUT2D eigenvalue weighted by molar-refractivity contribution is 0.147. The number of carbonyl (C=O) groups is 1. The minimum Gasteiger partial charge on any atom is -0.449 e. The number of ether oxygens (including phenoxy) is 1. The highest BCUT2D eigenvalue weighted by atomic mass is 35.7. The quantitative estimate of drug-likeness (QED) is 0.640. The van der Waals surface area contributed by atoms with Crippen LogP contribution >= 0.6 is 10.7 Å². The van der Waals surface area contributed by atoms with Crippen molar-refractivity contribution >= 4 is 36.9 Å². The second-order valence-corrected chi connectivity index (χ2v) is 6.73. The summed E-state index contributed by atoms with van der Waals surface area (Å²) >= 11 is 0. The van der Waals surface area contributed by atoms with Crippen molar-refractivity contribution in [3.63, 3.8) is 0 Å². The molecule has 0 amide bonds. The molecular formula is C12H13ClN2O4S. The maximum absolute atomic E-state index is 11.9. The Morgan fingerprint density at radius 2 is 2.25 bits per heavy atom. The van der Waals surface area contributed by atoms with Crippen molar-refractivity contribution in [3.05, 3.63) is 24.5 Å². The molecule has 2 aromatic heterocycles. The van der Waals surface area contributed by atoms with Crippen LogP contribution in [0, 0.1) is 0 Å². The number of unbranched alkanes of at least 4 members (excludes halogenated alkanes) is 1. The number of fused-ring (bicyclic) bond motifs is 1. The van der Waals surface area contributed by atoms with E-state index in [4.69, 9.17) is 15.4 Å². The van der Waals surface area contributed by atoms with Crippen molar-refractivity contribution in [1.82, 2.24) is 9.55 Å². The van der Waals surface area contributed by atoms with E-state index in [0.717, 1.165) is 19.0 Å². The van der Waals surface area contributed by atoms with E-state index in [-0.39, 0.29) is 4.90 Å². The maximum atomic E-state index is 11.9. The smallest absolute Gasteiger partial charge is 0.418 e. The van der Waals surface area contributed by atoms with E-state index in [1.807, 2.05) is 6.92 Å². The summed E-state index contributed by atoms with van der Waals surface area (Å²) in [4.78, 5) is 15.7. The number of aromatic nitrogens is 2. The number of rotatable bonds is 4. The van der Waals surface area contributed by atoms with Crippen LogP contribution in [0.1, 0.15) is 19.8 Å². The van der Waals surface area contributed by atoms with Crippen LogP contribution in [0.4, 0.5) is 4.79 Å². The molecule has 0 radical (unpaired) electrons. The van der Waals surface area contributed by atoms with Crippen LogP contribution in [0.5, 0.6) is 0 Å². The molecule has 0 aliphatic carbocycles. The first-order valence-corrected chi connectivity index (χ1v) is 8.33. The summed E-state index contributed by atoms with van der Waals surface area (Å²) < 4.78 is 28.9. The Balaban J connectivity index is 2.37. The highest BCUT2D eigenvalue weighted by Crippen LogP contribution is 2.20. The van der Waals surface area contributed by atoms with Crippen molar-refractivity contribution in [3.8, 4) is 0 Å². The SMILES string of the molecule is CCCCOC(=O)n1ccc2ncc(S(=O)(=O)Cl)cc21. The first-order valence-electron chi connectivity index (χ1n) is 6.02. The molecule has 0 fully saturated rings. The van der Waals surface area contributed by atoms with Gasteiger partial charge in [-0.15, -0.1) is 0 Å². The topological polar surface area (TPSA) is 78.3 Å². The Hall–Kier alpha value is -1.60. The van der Waals surface area contributed by atoms with Gasteiger partial charge in [-0.2, -0.15) is 0 Å². The Morgan fingerprint density at radius 3 is 2.90 bits per heavy atom. The Morgan fingerprint density at radius 1 is 1.50 bits per heavy atom. The summed E-state index contributed by atoms with van der Waals surface area (Å²) in [7, 11) is 1.38. The maximum Gasteiger partial charge on any atom is 0.418 e. The van der Waals surface area contributed by atoms with Gasteiger partial charge in [-0.1, -0.05) is 13.3 Å². The zero-order valence-corrected chi connectivity index (χ0v) is 12.3. The number of hydrogen-bond acceptors (Lipinski definition) is 5. The van der Waals surface area contributed by atoms with Gasteiger partial charge < -0.3 is 4.74 Å². The van der Waals surface area contributed by atoms with Gasteiger partial charge in [0.1, 0.15) is 4.90 Å². The van der Waals surface area contributed by atoms with Crippen LogP contribution in [0.3, 0.4) is 0 Å². The fourth-order valence-corrected chi connectivity index (χ4v) is 2.34. The van der Waals surface area contributed by atoms with Gasteiger partial charge >= 0.3 is 6.09 Å². The standard InChI is InChI=1S/C12H13ClN2O4S/c1-2-3-6-19-12(16)15-5-4-10-11(15)7-9(8-14-10)20(13,17)18/h4-5,7-8H,2-3,6H2,1H3. The molecule has 0 saturated carbocycles. The van der Waals surface area contributed by atoms with E-state index in [1.54, 1.807) is 6.07 Å². The van der Waals surface area contributed by atoms with Crippen molar-refractivity contribution in [2.45, 2.75) is 24.7 Å². The molecular weight excluding hydrogens is 304 g/mol. The predicted octanol–water partition coefficient (Wildman–Crippen LogP) is 2.75. The third-order valence-electron chi connectivity index (χ3n) is 2.71. The zero-order valence-electron chi connectivity index (χ0n) is 10.7. The summed E-state index contributed by atoms with van der Waals surface area (Å²) in [6.45, 7) is 2.30. The fraction of sp³-hybridized carbons (Fsp3) is 0.333. The van der Waals surface area contributed by atoms with Gasteiger partial charge in [0.15, 0.2) is 0 Å². The van der Waals surface area contributed by atoms with Gasteiger partial charge in [0.2, 0.25) is 0 Å². The largest absolute Gasteiger partial charge is 0.449 e. The minimum absolute atomic E-state index is 0.159. The van der Waals surface area contributed by atoms with E-state index in [0.29, 0.717) is 17.6 Å². The number of carbonyl (C=O) groups excluding carboxylic acids is 1. The third-order valence-corrected chi connectivity index (χ3v) is 4.04. The van der Waals surface area contributed by atoms with Gasteiger partial charge in [0.25, 0.3) is 9.05 Å². The van der Waals surface area contributed by atoms with E-state index in [2.05, 4.69) is 4.98 Å². The second-order valence-electron chi connectivity index (χ2n) is 4.17. The van der Waals surface area contributed by atoms with Gasteiger partial charge in [0.05, 0.1) is 17.6 Å². The molecule has 2 heterocycles. The molecule has 0 aromatic carbocycles. The van der Waals surface area contributed by atoms with Crippen LogP contribution < -0.4 is 0 Å². The number of hydrogen-bond donors (Lipinski definition) is 0. The van der Waals surface area contributed by atoms with Gasteiger partial charge in [-0.25, -0.2) is 13.2 Å².